The van der Waals surface area contributed by atoms with Crippen LogP contribution in [0.25, 0.3) is 11.3 Å². The van der Waals surface area contributed by atoms with Crippen LogP contribution in [0.3, 0.4) is 0 Å². The van der Waals surface area contributed by atoms with Crippen LogP contribution >= 0.6 is 12.2 Å². The van der Waals surface area contributed by atoms with Crippen LogP contribution in [-0.2, 0) is 6.18 Å². The number of alkyl halides is 3. The third-order valence-electron chi connectivity index (χ3n) is 2.40. The van der Waals surface area contributed by atoms with Crippen molar-refractivity contribution in [2.45, 2.75) is 6.18 Å². The first kappa shape index (κ1) is 14.1. The van der Waals surface area contributed by atoms with E-state index in [1.807, 2.05) is 4.98 Å². The Morgan fingerprint density at radius 2 is 2.00 bits per heavy atom. The average Bonchev–Trinajstić information content (AvgIpc) is 2.37. The molecular formula is C11H6F3N3O2S. The van der Waals surface area contributed by atoms with Gasteiger partial charge in [0.05, 0.1) is 10.6 Å². The molecule has 5 nitrogen and oxygen atoms in total. The van der Waals surface area contributed by atoms with E-state index in [0.717, 1.165) is 12.1 Å². The van der Waals surface area contributed by atoms with Crippen molar-refractivity contribution in [1.82, 2.24) is 9.97 Å². The molecule has 0 bridgehead atoms. The van der Waals surface area contributed by atoms with Gasteiger partial charge in [0.2, 0.25) is 0 Å². The summed E-state index contributed by atoms with van der Waals surface area (Å²) < 4.78 is 37.6. The number of halogens is 3. The molecule has 0 aliphatic rings. The van der Waals surface area contributed by atoms with Crippen LogP contribution in [0.1, 0.15) is 5.69 Å². The molecular weight excluding hydrogens is 295 g/mol. The Labute approximate surface area is 115 Å². The van der Waals surface area contributed by atoms with Gasteiger partial charge >= 0.3 is 6.18 Å². The first-order valence-electron chi connectivity index (χ1n) is 5.21. The molecule has 0 unspecified atom stereocenters. The second kappa shape index (κ2) is 5.00. The third kappa shape index (κ3) is 2.99. The fourth-order valence-corrected chi connectivity index (χ4v) is 1.75. The van der Waals surface area contributed by atoms with Crippen molar-refractivity contribution in [2.75, 3.05) is 0 Å². The second-order valence-corrected chi connectivity index (χ2v) is 4.18. The Bertz CT molecular complexity index is 727. The maximum absolute atomic E-state index is 12.7. The number of hydrogen-bond acceptors (Lipinski definition) is 4. The van der Waals surface area contributed by atoms with Gasteiger partial charge < -0.3 is 4.98 Å². The predicted molar refractivity (Wildman–Crippen MR) is 66.5 cm³/mol. The molecule has 104 valence electrons. The van der Waals surface area contributed by atoms with Crippen LogP contribution in [0.15, 0.2) is 30.3 Å². The minimum atomic E-state index is -4.61. The summed E-state index contributed by atoms with van der Waals surface area (Å²) in [6, 6.07) is 5.91. The van der Waals surface area contributed by atoms with E-state index in [0.29, 0.717) is 0 Å². The molecule has 0 saturated heterocycles. The van der Waals surface area contributed by atoms with Crippen LogP contribution in [0.5, 0.6) is 0 Å². The van der Waals surface area contributed by atoms with Gasteiger partial charge in [-0.2, -0.15) is 13.2 Å². The van der Waals surface area contributed by atoms with E-state index in [9.17, 15) is 23.3 Å². The minimum absolute atomic E-state index is 0.0789. The summed E-state index contributed by atoms with van der Waals surface area (Å²) in [6.45, 7) is 0. The SMILES string of the molecule is O=[N+]([O-])c1cccc(-c2cc(C(F)(F)F)[nH]c(=S)n2)c1. The molecule has 2 rings (SSSR count). The van der Waals surface area contributed by atoms with Gasteiger partial charge in [-0.15, -0.1) is 0 Å². The largest absolute Gasteiger partial charge is 0.431 e. The van der Waals surface area contributed by atoms with E-state index in [-0.39, 0.29) is 21.7 Å². The fraction of sp³-hybridized carbons (Fsp3) is 0.0909. The lowest BCUT2D eigenvalue weighted by molar-refractivity contribution is -0.384. The lowest BCUT2D eigenvalue weighted by atomic mass is 10.1. The maximum Gasteiger partial charge on any atom is 0.431 e. The van der Waals surface area contributed by atoms with E-state index in [1.54, 1.807) is 0 Å². The van der Waals surface area contributed by atoms with Gasteiger partial charge in [-0.3, -0.25) is 10.1 Å². The Balaban J connectivity index is 2.58. The lowest BCUT2D eigenvalue weighted by Gasteiger charge is -2.08. The molecule has 20 heavy (non-hydrogen) atoms. The maximum atomic E-state index is 12.7. The van der Waals surface area contributed by atoms with Gasteiger partial charge in [0, 0.05) is 17.7 Å². The number of benzene rings is 1. The number of aromatic amines is 1. The molecule has 0 fully saturated rings. The zero-order valence-electron chi connectivity index (χ0n) is 9.64. The number of nitro benzene ring substituents is 1. The smallest absolute Gasteiger partial charge is 0.327 e. The van der Waals surface area contributed by atoms with Gasteiger partial charge in [0.15, 0.2) is 4.77 Å². The summed E-state index contributed by atoms with van der Waals surface area (Å²) in [5, 5.41) is 10.7. The number of nitro groups is 1. The van der Waals surface area contributed by atoms with Gasteiger partial charge in [-0.05, 0) is 18.3 Å². The quantitative estimate of drug-likeness (QED) is 0.521. The second-order valence-electron chi connectivity index (χ2n) is 3.79. The first-order valence-corrected chi connectivity index (χ1v) is 5.61. The van der Waals surface area contributed by atoms with Gasteiger partial charge in [-0.25, -0.2) is 4.98 Å². The van der Waals surface area contributed by atoms with Crippen LogP contribution in [-0.4, -0.2) is 14.9 Å². The van der Waals surface area contributed by atoms with Gasteiger partial charge in [-0.1, -0.05) is 12.1 Å². The number of aromatic nitrogens is 2. The lowest BCUT2D eigenvalue weighted by Crippen LogP contribution is -2.09. The Hall–Kier alpha value is -2.29. The van der Waals surface area contributed by atoms with Crippen molar-refractivity contribution in [2.24, 2.45) is 0 Å². The van der Waals surface area contributed by atoms with Crippen LogP contribution in [0.4, 0.5) is 18.9 Å². The normalized spacial score (nSPS) is 11.3. The van der Waals surface area contributed by atoms with Crippen LogP contribution in [0.2, 0.25) is 0 Å². The summed E-state index contributed by atoms with van der Waals surface area (Å²) in [5.41, 5.74) is -1.19. The van der Waals surface area contributed by atoms with Crippen LogP contribution in [0, 0.1) is 14.9 Å². The summed E-state index contributed by atoms with van der Waals surface area (Å²) in [5.74, 6) is 0. The van der Waals surface area contributed by atoms with Crippen molar-refractivity contribution in [3.63, 3.8) is 0 Å². The molecule has 0 spiro atoms. The summed E-state index contributed by atoms with van der Waals surface area (Å²) in [4.78, 5) is 15.7. The highest BCUT2D eigenvalue weighted by Gasteiger charge is 2.32. The summed E-state index contributed by atoms with van der Waals surface area (Å²) in [7, 11) is 0. The summed E-state index contributed by atoms with van der Waals surface area (Å²) >= 11 is 4.64. The van der Waals surface area contributed by atoms with E-state index in [4.69, 9.17) is 0 Å². The number of H-pyrrole nitrogens is 1. The first-order chi connectivity index (χ1) is 9.27. The van der Waals surface area contributed by atoms with E-state index < -0.39 is 16.8 Å². The molecule has 1 heterocycles. The zero-order chi connectivity index (χ0) is 14.9. The number of nitrogens with zero attached hydrogens (tertiary/aromatic N) is 2. The Morgan fingerprint density at radius 1 is 1.30 bits per heavy atom. The number of rotatable bonds is 2. The monoisotopic (exact) mass is 301 g/mol. The van der Waals surface area contributed by atoms with Crippen molar-refractivity contribution in [3.8, 4) is 11.3 Å². The molecule has 9 heteroatoms. The molecule has 0 aliphatic carbocycles. The molecule has 1 aromatic heterocycles. The van der Waals surface area contributed by atoms with Crippen molar-refractivity contribution < 1.29 is 18.1 Å². The van der Waals surface area contributed by atoms with E-state index in [1.165, 1.54) is 18.2 Å². The van der Waals surface area contributed by atoms with Gasteiger partial charge in [0.25, 0.3) is 5.69 Å². The van der Waals surface area contributed by atoms with Gasteiger partial charge in [0.1, 0.15) is 5.69 Å². The number of non-ortho nitro benzene ring substituents is 1. The molecule has 0 radical (unpaired) electrons. The van der Waals surface area contributed by atoms with E-state index >= 15 is 0 Å². The Kier molecular flexibility index (Phi) is 3.53. The molecule has 0 atom stereocenters. The standard InChI is InChI=1S/C11H6F3N3O2S/c12-11(13,14)9-5-8(15-10(20)16-9)6-2-1-3-7(4-6)17(18)19/h1-5H,(H,15,16,20). The molecule has 2 aromatic rings. The van der Waals surface area contributed by atoms with Crippen molar-refractivity contribution in [3.05, 3.63) is 50.9 Å². The molecule has 1 aromatic carbocycles. The highest BCUT2D eigenvalue weighted by molar-refractivity contribution is 7.71. The van der Waals surface area contributed by atoms with Crippen LogP contribution < -0.4 is 0 Å². The zero-order valence-corrected chi connectivity index (χ0v) is 10.5. The highest BCUT2D eigenvalue weighted by atomic mass is 32.1. The fourth-order valence-electron chi connectivity index (χ4n) is 1.54. The van der Waals surface area contributed by atoms with Crippen molar-refractivity contribution in [1.29, 1.82) is 0 Å². The molecule has 1 N–H and O–H groups in total. The third-order valence-corrected chi connectivity index (χ3v) is 2.60. The average molecular weight is 301 g/mol. The van der Waals surface area contributed by atoms with E-state index in [2.05, 4.69) is 17.2 Å². The topological polar surface area (TPSA) is 71.8 Å². The number of nitrogens with one attached hydrogen (secondary N) is 1. The minimum Gasteiger partial charge on any atom is -0.327 e. The number of hydrogen-bond donors (Lipinski definition) is 1. The Morgan fingerprint density at radius 3 is 2.60 bits per heavy atom. The highest BCUT2D eigenvalue weighted by Crippen LogP contribution is 2.30. The molecule has 0 amide bonds. The van der Waals surface area contributed by atoms with Crippen molar-refractivity contribution >= 4 is 17.9 Å². The predicted octanol–water partition coefficient (Wildman–Crippen LogP) is 3.73. The summed E-state index contributed by atoms with van der Waals surface area (Å²) in [6.07, 6.45) is -4.61. The molecule has 0 aliphatic heterocycles. The molecule has 0 saturated carbocycles.